The summed E-state index contributed by atoms with van der Waals surface area (Å²) in [6, 6.07) is 0. The van der Waals surface area contributed by atoms with Crippen LogP contribution in [0.15, 0.2) is 11.6 Å². The Bertz CT molecular complexity index is 333. The Balaban J connectivity index is 1.68. The Hall–Kier alpha value is -0.380. The predicted octanol–water partition coefficient (Wildman–Crippen LogP) is 2.78. The number of aliphatic hydroxyl groups is 1. The number of hydrogen-bond acceptors (Lipinski definition) is 3. The van der Waals surface area contributed by atoms with Crippen LogP contribution in [0.2, 0.25) is 0 Å². The van der Waals surface area contributed by atoms with Crippen LogP contribution in [-0.2, 0) is 9.47 Å². The van der Waals surface area contributed by atoms with Gasteiger partial charge < -0.3 is 14.6 Å². The van der Waals surface area contributed by atoms with Crippen molar-refractivity contribution in [3.63, 3.8) is 0 Å². The van der Waals surface area contributed by atoms with Gasteiger partial charge in [-0.3, -0.25) is 0 Å². The molecule has 0 aromatic heterocycles. The van der Waals surface area contributed by atoms with E-state index in [1.54, 1.807) is 0 Å². The van der Waals surface area contributed by atoms with Crippen LogP contribution in [0.3, 0.4) is 0 Å². The van der Waals surface area contributed by atoms with E-state index in [2.05, 4.69) is 13.0 Å². The molecule has 0 amide bonds. The van der Waals surface area contributed by atoms with Gasteiger partial charge in [-0.15, -0.1) is 0 Å². The molecule has 0 aromatic carbocycles. The zero-order valence-electron chi connectivity index (χ0n) is 11.2. The van der Waals surface area contributed by atoms with E-state index in [9.17, 15) is 5.11 Å². The molecule has 102 valence electrons. The Morgan fingerprint density at radius 3 is 3.00 bits per heavy atom. The SMILES string of the molecule is C[C@]12CC[C@H](O)C=C1CC[C@@H]2OC1CCCCO1. The molecule has 0 aromatic rings. The lowest BCUT2D eigenvalue weighted by molar-refractivity contribution is -0.203. The quantitative estimate of drug-likeness (QED) is 0.768. The molecule has 1 saturated heterocycles. The maximum absolute atomic E-state index is 9.74. The monoisotopic (exact) mass is 252 g/mol. The Morgan fingerprint density at radius 1 is 1.33 bits per heavy atom. The first-order valence-corrected chi connectivity index (χ1v) is 7.35. The third-order valence-electron chi connectivity index (χ3n) is 4.93. The van der Waals surface area contributed by atoms with E-state index in [-0.39, 0.29) is 23.9 Å². The van der Waals surface area contributed by atoms with E-state index in [1.165, 1.54) is 18.4 Å². The fraction of sp³-hybridized carbons (Fsp3) is 0.867. The van der Waals surface area contributed by atoms with Crippen molar-refractivity contribution in [3.05, 3.63) is 11.6 Å². The molecule has 1 saturated carbocycles. The number of fused-ring (bicyclic) bond motifs is 1. The molecule has 1 N–H and O–H groups in total. The van der Waals surface area contributed by atoms with Crippen molar-refractivity contribution < 1.29 is 14.6 Å². The molecule has 2 aliphatic carbocycles. The van der Waals surface area contributed by atoms with Crippen molar-refractivity contribution in [1.29, 1.82) is 0 Å². The van der Waals surface area contributed by atoms with Gasteiger partial charge in [-0.25, -0.2) is 0 Å². The largest absolute Gasteiger partial charge is 0.389 e. The second-order valence-corrected chi connectivity index (χ2v) is 6.17. The van der Waals surface area contributed by atoms with Crippen LogP contribution in [0.1, 0.15) is 51.9 Å². The van der Waals surface area contributed by atoms with E-state index >= 15 is 0 Å². The van der Waals surface area contributed by atoms with Crippen LogP contribution in [0, 0.1) is 5.41 Å². The lowest BCUT2D eigenvalue weighted by atomic mass is 9.74. The fourth-order valence-corrected chi connectivity index (χ4v) is 3.68. The van der Waals surface area contributed by atoms with Crippen molar-refractivity contribution in [2.75, 3.05) is 6.61 Å². The topological polar surface area (TPSA) is 38.7 Å². The first-order chi connectivity index (χ1) is 8.68. The molecule has 2 fully saturated rings. The van der Waals surface area contributed by atoms with Gasteiger partial charge in [0.05, 0.1) is 12.2 Å². The first kappa shape index (κ1) is 12.6. The molecule has 3 heteroatoms. The van der Waals surface area contributed by atoms with Gasteiger partial charge >= 0.3 is 0 Å². The van der Waals surface area contributed by atoms with Crippen LogP contribution < -0.4 is 0 Å². The minimum Gasteiger partial charge on any atom is -0.389 e. The van der Waals surface area contributed by atoms with E-state index < -0.39 is 0 Å². The molecule has 0 bridgehead atoms. The molecule has 0 radical (unpaired) electrons. The van der Waals surface area contributed by atoms with Gasteiger partial charge in [0.25, 0.3) is 0 Å². The van der Waals surface area contributed by atoms with E-state index in [1.807, 2.05) is 0 Å². The smallest absolute Gasteiger partial charge is 0.157 e. The highest BCUT2D eigenvalue weighted by Crippen LogP contribution is 2.51. The molecule has 3 nitrogen and oxygen atoms in total. The second kappa shape index (κ2) is 4.95. The summed E-state index contributed by atoms with van der Waals surface area (Å²) in [4.78, 5) is 0. The molecule has 3 aliphatic rings. The highest BCUT2D eigenvalue weighted by molar-refractivity contribution is 5.25. The van der Waals surface area contributed by atoms with Gasteiger partial charge in [-0.1, -0.05) is 18.6 Å². The Morgan fingerprint density at radius 2 is 2.22 bits per heavy atom. The Kier molecular flexibility index (Phi) is 3.48. The predicted molar refractivity (Wildman–Crippen MR) is 69.1 cm³/mol. The zero-order valence-corrected chi connectivity index (χ0v) is 11.2. The van der Waals surface area contributed by atoms with Crippen molar-refractivity contribution >= 4 is 0 Å². The van der Waals surface area contributed by atoms with Gasteiger partial charge in [0, 0.05) is 12.0 Å². The minimum atomic E-state index is -0.238. The van der Waals surface area contributed by atoms with Crippen LogP contribution in [0.4, 0.5) is 0 Å². The average molecular weight is 252 g/mol. The summed E-state index contributed by atoms with van der Waals surface area (Å²) in [7, 11) is 0. The molecule has 1 heterocycles. The van der Waals surface area contributed by atoms with Crippen LogP contribution >= 0.6 is 0 Å². The average Bonchev–Trinajstić information content (AvgIpc) is 2.69. The number of hydrogen-bond donors (Lipinski definition) is 1. The first-order valence-electron chi connectivity index (χ1n) is 7.35. The summed E-state index contributed by atoms with van der Waals surface area (Å²) in [6.07, 6.45) is 9.59. The lowest BCUT2D eigenvalue weighted by Gasteiger charge is -2.38. The summed E-state index contributed by atoms with van der Waals surface area (Å²) in [5.74, 6) is 0. The molecule has 4 atom stereocenters. The lowest BCUT2D eigenvalue weighted by Crippen LogP contribution is -2.38. The van der Waals surface area contributed by atoms with Crippen LogP contribution in [-0.4, -0.2) is 30.2 Å². The van der Waals surface area contributed by atoms with Crippen LogP contribution in [0.25, 0.3) is 0 Å². The summed E-state index contributed by atoms with van der Waals surface area (Å²) < 4.78 is 11.9. The zero-order chi connectivity index (χ0) is 12.6. The molecular weight excluding hydrogens is 228 g/mol. The van der Waals surface area contributed by atoms with Crippen molar-refractivity contribution in [2.45, 2.75) is 70.4 Å². The van der Waals surface area contributed by atoms with Crippen molar-refractivity contribution in [2.24, 2.45) is 5.41 Å². The standard InChI is InChI=1S/C15H24O3/c1-15-8-7-12(16)10-11(15)5-6-13(15)18-14-4-2-3-9-17-14/h10,12-14,16H,2-9H2,1H3/t12-,13-,14?,15-/m0/s1. The molecule has 1 aliphatic heterocycles. The van der Waals surface area contributed by atoms with Gasteiger partial charge in [-0.2, -0.15) is 0 Å². The third-order valence-corrected chi connectivity index (χ3v) is 4.93. The molecule has 18 heavy (non-hydrogen) atoms. The highest BCUT2D eigenvalue weighted by Gasteiger charge is 2.46. The summed E-state index contributed by atoms with van der Waals surface area (Å²) in [5, 5.41) is 9.74. The normalized spacial score (nSPS) is 44.6. The van der Waals surface area contributed by atoms with Gasteiger partial charge in [0.15, 0.2) is 6.29 Å². The van der Waals surface area contributed by atoms with E-state index in [0.717, 1.165) is 38.7 Å². The van der Waals surface area contributed by atoms with Crippen molar-refractivity contribution in [3.8, 4) is 0 Å². The number of aliphatic hydroxyl groups excluding tert-OH is 1. The summed E-state index contributed by atoms with van der Waals surface area (Å²) in [5.41, 5.74) is 1.54. The molecule has 1 unspecified atom stereocenters. The van der Waals surface area contributed by atoms with Crippen LogP contribution in [0.5, 0.6) is 0 Å². The minimum absolute atomic E-state index is 0.00627. The Labute approximate surface area is 109 Å². The molecular formula is C15H24O3. The number of rotatable bonds is 2. The van der Waals surface area contributed by atoms with E-state index in [4.69, 9.17) is 9.47 Å². The molecule has 0 spiro atoms. The van der Waals surface area contributed by atoms with Crippen molar-refractivity contribution in [1.82, 2.24) is 0 Å². The highest BCUT2D eigenvalue weighted by atomic mass is 16.7. The van der Waals surface area contributed by atoms with Gasteiger partial charge in [0.2, 0.25) is 0 Å². The summed E-state index contributed by atoms with van der Waals surface area (Å²) in [6.45, 7) is 3.14. The fourth-order valence-electron chi connectivity index (χ4n) is 3.68. The van der Waals surface area contributed by atoms with E-state index in [0.29, 0.717) is 0 Å². The third kappa shape index (κ3) is 2.24. The van der Waals surface area contributed by atoms with Gasteiger partial charge in [0.1, 0.15) is 0 Å². The molecule has 3 rings (SSSR count). The summed E-state index contributed by atoms with van der Waals surface area (Å²) >= 11 is 0. The maximum atomic E-state index is 9.74. The van der Waals surface area contributed by atoms with Gasteiger partial charge in [-0.05, 0) is 44.9 Å². The number of ether oxygens (including phenoxy) is 2. The maximum Gasteiger partial charge on any atom is 0.157 e. The second-order valence-electron chi connectivity index (χ2n) is 6.17.